The predicted molar refractivity (Wildman–Crippen MR) is 145 cm³/mol. The fraction of sp³-hybridized carbons (Fsp3) is 0.222. The summed E-state index contributed by atoms with van der Waals surface area (Å²) >= 11 is 0. The van der Waals surface area contributed by atoms with E-state index >= 15 is 0 Å². The lowest BCUT2D eigenvalue weighted by atomic mass is 10.1. The largest absolute Gasteiger partial charge is 0.493 e. The van der Waals surface area contributed by atoms with Gasteiger partial charge in [-0.3, -0.25) is 13.5 Å². The predicted octanol–water partition coefficient (Wildman–Crippen LogP) is 2.37. The third-order valence-corrected chi connectivity index (χ3v) is 8.54. The molecule has 6 rings (SSSR count). The van der Waals surface area contributed by atoms with Gasteiger partial charge < -0.3 is 19.4 Å². The van der Waals surface area contributed by atoms with E-state index in [-0.39, 0.29) is 12.4 Å². The summed E-state index contributed by atoms with van der Waals surface area (Å²) in [6, 6.07) is 8.94. The minimum atomic E-state index is -3.77. The van der Waals surface area contributed by atoms with Crippen LogP contribution >= 0.6 is 0 Å². The quantitative estimate of drug-likeness (QED) is 0.320. The van der Waals surface area contributed by atoms with Crippen LogP contribution in [0.15, 0.2) is 55.1 Å². The van der Waals surface area contributed by atoms with Crippen LogP contribution in [0.25, 0.3) is 23.3 Å². The van der Waals surface area contributed by atoms with Crippen LogP contribution in [0.2, 0.25) is 0 Å². The van der Waals surface area contributed by atoms with Crippen molar-refractivity contribution in [2.24, 2.45) is 0 Å². The number of anilines is 1. The van der Waals surface area contributed by atoms with Crippen molar-refractivity contribution in [3.63, 3.8) is 0 Å². The number of carbonyl (C=O) groups is 1. The number of H-pyrrole nitrogens is 1. The number of imidazole rings is 1. The minimum Gasteiger partial charge on any atom is -0.493 e. The maximum atomic E-state index is 12.6. The third kappa shape index (κ3) is 4.13. The summed E-state index contributed by atoms with van der Waals surface area (Å²) in [5.41, 5.74) is 4.16. The Labute approximate surface area is 223 Å². The van der Waals surface area contributed by atoms with Gasteiger partial charge in [0.2, 0.25) is 10.0 Å². The van der Waals surface area contributed by atoms with Gasteiger partial charge in [0.05, 0.1) is 23.0 Å². The first kappa shape index (κ1) is 24.7. The molecule has 3 aliphatic rings. The number of nitrogens with zero attached hydrogens (tertiary/aromatic N) is 5. The molecule has 0 atom stereocenters. The van der Waals surface area contributed by atoms with Crippen LogP contribution in [-0.2, 0) is 33.5 Å². The molecular formula is C27H26N6O5S. The fourth-order valence-corrected chi connectivity index (χ4v) is 6.76. The number of ether oxygens (including phenoxy) is 1. The molecule has 12 heteroatoms. The van der Waals surface area contributed by atoms with Crippen molar-refractivity contribution in [1.82, 2.24) is 23.9 Å². The van der Waals surface area contributed by atoms with Gasteiger partial charge in [0.15, 0.2) is 0 Å². The molecule has 0 bridgehead atoms. The molecule has 200 valence electrons. The maximum Gasteiger partial charge on any atom is 0.324 e. The number of fused-ring (bicyclic) bond motifs is 5. The summed E-state index contributed by atoms with van der Waals surface area (Å²) in [4.78, 5) is 24.0. The Bertz CT molecular complexity index is 2030. The summed E-state index contributed by atoms with van der Waals surface area (Å²) in [6.45, 7) is 6.62. The van der Waals surface area contributed by atoms with Crippen molar-refractivity contribution in [2.45, 2.75) is 25.6 Å². The zero-order valence-corrected chi connectivity index (χ0v) is 22.0. The number of pyridine rings is 1. The van der Waals surface area contributed by atoms with Crippen LogP contribution in [0.5, 0.6) is 5.75 Å². The van der Waals surface area contributed by atoms with E-state index in [4.69, 9.17) is 14.8 Å². The van der Waals surface area contributed by atoms with Crippen LogP contribution in [0.3, 0.4) is 0 Å². The zero-order valence-electron chi connectivity index (χ0n) is 21.2. The average Bonchev–Trinajstić information content (AvgIpc) is 3.44. The number of rotatable bonds is 7. The second kappa shape index (κ2) is 9.31. The van der Waals surface area contributed by atoms with Crippen molar-refractivity contribution in [3.05, 3.63) is 82.3 Å². The molecule has 5 heterocycles. The number of carboxylic acid groups (broad SMARTS) is 1. The molecule has 0 radical (unpaired) electrons. The average molecular weight is 547 g/mol. The number of aromatic nitrogens is 5. The van der Waals surface area contributed by atoms with Crippen LogP contribution in [0.1, 0.15) is 18.1 Å². The van der Waals surface area contributed by atoms with Gasteiger partial charge in [0, 0.05) is 43.3 Å². The fourth-order valence-electron chi connectivity index (χ4n) is 5.17. The Balaban J connectivity index is 1.35. The van der Waals surface area contributed by atoms with Crippen LogP contribution in [0.4, 0.5) is 5.69 Å². The number of aliphatic carboxylic acids is 1. The van der Waals surface area contributed by atoms with Gasteiger partial charge in [-0.1, -0.05) is 12.6 Å². The number of hydrogen-bond donors (Lipinski definition) is 2. The third-order valence-electron chi connectivity index (χ3n) is 6.89. The van der Waals surface area contributed by atoms with Gasteiger partial charge in [-0.05, 0) is 42.0 Å². The topological polar surface area (TPSA) is 135 Å². The molecule has 0 saturated heterocycles. The summed E-state index contributed by atoms with van der Waals surface area (Å²) < 4.78 is 36.2. The van der Waals surface area contributed by atoms with Gasteiger partial charge in [-0.2, -0.15) is 0 Å². The van der Waals surface area contributed by atoms with E-state index in [0.29, 0.717) is 30.0 Å². The minimum absolute atomic E-state index is 0.277. The smallest absolute Gasteiger partial charge is 0.324 e. The molecule has 0 fully saturated rings. The Kier molecular flexibility index (Phi) is 5.91. The first-order chi connectivity index (χ1) is 18.8. The van der Waals surface area contributed by atoms with Gasteiger partial charge in [0.25, 0.3) is 0 Å². The molecule has 3 aliphatic heterocycles. The molecule has 2 aromatic heterocycles. The number of nitrogens with one attached hydrogen (secondary N) is 1. The van der Waals surface area contributed by atoms with Crippen molar-refractivity contribution in [2.75, 3.05) is 17.5 Å². The van der Waals surface area contributed by atoms with E-state index in [2.05, 4.69) is 34.1 Å². The van der Waals surface area contributed by atoms with E-state index < -0.39 is 22.5 Å². The number of hydrogen-bond acceptors (Lipinski definition) is 6. The van der Waals surface area contributed by atoms with Gasteiger partial charge in [0.1, 0.15) is 34.8 Å². The van der Waals surface area contributed by atoms with Gasteiger partial charge in [-0.15, -0.1) is 0 Å². The number of sulfonamides is 1. The van der Waals surface area contributed by atoms with Gasteiger partial charge in [-0.25, -0.2) is 18.4 Å². The molecule has 2 N–H and O–H groups in total. The highest BCUT2D eigenvalue weighted by atomic mass is 32.2. The lowest BCUT2D eigenvalue weighted by molar-refractivity contribution is -0.135. The zero-order chi connectivity index (χ0) is 27.3. The van der Waals surface area contributed by atoms with E-state index in [1.165, 1.54) is 0 Å². The number of carboxylic acids is 1. The monoisotopic (exact) mass is 546 g/mol. The van der Waals surface area contributed by atoms with E-state index in [9.17, 15) is 13.2 Å². The van der Waals surface area contributed by atoms with Crippen molar-refractivity contribution in [1.29, 1.82) is 0 Å². The Morgan fingerprint density at radius 1 is 1.23 bits per heavy atom. The molecule has 3 aromatic rings. The van der Waals surface area contributed by atoms with Crippen molar-refractivity contribution in [3.8, 4) is 5.75 Å². The number of aryl methyl sites for hydroxylation is 1. The normalized spacial score (nSPS) is 14.2. The Hall–Kier alpha value is -4.58. The molecule has 0 unspecified atom stereocenters. The molecule has 1 aromatic carbocycles. The summed E-state index contributed by atoms with van der Waals surface area (Å²) in [5, 5.41) is 11.8. The molecule has 0 aliphatic carbocycles. The molecule has 0 amide bonds. The number of aromatic amines is 1. The molecule has 11 nitrogen and oxygen atoms in total. The van der Waals surface area contributed by atoms with E-state index in [1.54, 1.807) is 24.4 Å². The van der Waals surface area contributed by atoms with Crippen molar-refractivity contribution >= 4 is 44.9 Å². The molecule has 0 saturated carbocycles. The van der Waals surface area contributed by atoms with E-state index in [1.807, 2.05) is 29.1 Å². The Morgan fingerprint density at radius 2 is 2.08 bits per heavy atom. The lowest BCUT2D eigenvalue weighted by Gasteiger charge is -2.16. The van der Waals surface area contributed by atoms with E-state index in [0.717, 1.165) is 42.6 Å². The highest BCUT2D eigenvalue weighted by Gasteiger charge is 2.36. The van der Waals surface area contributed by atoms with Crippen LogP contribution < -0.4 is 14.3 Å². The van der Waals surface area contributed by atoms with Crippen LogP contribution in [-0.4, -0.2) is 56.6 Å². The molecular weight excluding hydrogens is 520 g/mol. The first-order valence-corrected chi connectivity index (χ1v) is 14.0. The SMILES string of the molecule is C=c1cc[nH]c2n(CC)c3ncc(CCOc4cccc5c4CS(=O)(=O)N5CC(=O)O)cc3c3nccn3c1=2. The number of benzene rings is 1. The molecule has 0 spiro atoms. The maximum absolute atomic E-state index is 12.6. The van der Waals surface area contributed by atoms with Crippen LogP contribution in [0, 0.1) is 10.8 Å². The lowest BCUT2D eigenvalue weighted by Crippen LogP contribution is -2.32. The summed E-state index contributed by atoms with van der Waals surface area (Å²) in [7, 11) is -3.77. The molecule has 39 heavy (non-hydrogen) atoms. The first-order valence-electron chi connectivity index (χ1n) is 12.4. The van der Waals surface area contributed by atoms with Gasteiger partial charge >= 0.3 is 5.97 Å². The Morgan fingerprint density at radius 3 is 2.87 bits per heavy atom. The van der Waals surface area contributed by atoms with Crippen molar-refractivity contribution < 1.29 is 23.1 Å². The second-order valence-corrected chi connectivity index (χ2v) is 11.2. The standard InChI is InChI=1S/C27H26N6O5S/c1-3-31-26-19(25-29-10-11-32(25)24-17(2)7-9-28-27(24)31)13-18(14-30-26)8-12-38-22-6-4-5-21-20(22)16-39(36,37)33(21)15-23(34)35/h4-7,9-11,13-14,28H,2-3,8,12,15-16H2,1H3,(H,34,35). The second-order valence-electron chi connectivity index (χ2n) is 9.29. The highest BCUT2D eigenvalue weighted by molar-refractivity contribution is 7.92. The highest BCUT2D eigenvalue weighted by Crippen LogP contribution is 2.39. The summed E-state index contributed by atoms with van der Waals surface area (Å²) in [6.07, 6.45) is 7.86. The summed E-state index contributed by atoms with van der Waals surface area (Å²) in [5.74, 6) is -1.09.